The lowest BCUT2D eigenvalue weighted by molar-refractivity contribution is -0.124. The van der Waals surface area contributed by atoms with Crippen LogP contribution in [-0.2, 0) is 9.59 Å². The van der Waals surface area contributed by atoms with E-state index in [2.05, 4.69) is 10.6 Å². The molecule has 0 saturated heterocycles. The monoisotopic (exact) mass is 380 g/mol. The number of carbonyl (C=O) groups is 2. The Kier molecular flexibility index (Phi) is 6.81. The zero-order valence-corrected chi connectivity index (χ0v) is 14.9. The number of carbonyl (C=O) groups excluding carboxylic acids is 2. The third kappa shape index (κ3) is 5.73. The molecule has 2 N–H and O–H groups in total. The fraction of sp³-hybridized carbons (Fsp3) is 0.263. The Hall–Kier alpha value is -3.03. The van der Waals surface area contributed by atoms with Crippen LogP contribution in [0.4, 0.5) is 18.9 Å². The number of anilines is 1. The molecule has 2 aromatic carbocycles. The molecule has 2 amide bonds. The summed E-state index contributed by atoms with van der Waals surface area (Å²) in [6.45, 7) is 3.53. The van der Waals surface area contributed by atoms with Crippen molar-refractivity contribution < 1.29 is 27.5 Å². The van der Waals surface area contributed by atoms with Gasteiger partial charge in [-0.3, -0.25) is 9.59 Å². The van der Waals surface area contributed by atoms with E-state index in [1.165, 1.54) is 0 Å². The second-order valence-corrected chi connectivity index (χ2v) is 5.92. The van der Waals surface area contributed by atoms with Crippen molar-refractivity contribution in [1.29, 1.82) is 0 Å². The number of amides is 2. The summed E-state index contributed by atoms with van der Waals surface area (Å²) in [5, 5.41) is 4.40. The van der Waals surface area contributed by atoms with Crippen LogP contribution in [0.5, 0.6) is 5.75 Å². The molecule has 0 atom stereocenters. The summed E-state index contributed by atoms with van der Waals surface area (Å²) >= 11 is 0. The quantitative estimate of drug-likeness (QED) is 0.725. The fourth-order valence-electron chi connectivity index (χ4n) is 2.30. The van der Waals surface area contributed by atoms with Gasteiger partial charge >= 0.3 is 0 Å². The summed E-state index contributed by atoms with van der Waals surface area (Å²) in [5.74, 6) is -5.09. The van der Waals surface area contributed by atoms with Crippen molar-refractivity contribution in [1.82, 2.24) is 5.32 Å². The second kappa shape index (κ2) is 9.07. The second-order valence-electron chi connectivity index (χ2n) is 5.92. The van der Waals surface area contributed by atoms with Gasteiger partial charge in [0, 0.05) is 0 Å². The number of halogens is 3. The normalized spacial score (nSPS) is 10.4. The van der Waals surface area contributed by atoms with E-state index in [-0.39, 0.29) is 13.0 Å². The molecule has 0 fully saturated rings. The maximum Gasteiger partial charge on any atom is 0.243 e. The molecule has 144 valence electrons. The number of hydrogen-bond donors (Lipinski definition) is 2. The van der Waals surface area contributed by atoms with Crippen LogP contribution in [0.3, 0.4) is 0 Å². The van der Waals surface area contributed by atoms with Crippen molar-refractivity contribution in [3.8, 4) is 5.75 Å². The van der Waals surface area contributed by atoms with Gasteiger partial charge in [0.1, 0.15) is 5.75 Å². The van der Waals surface area contributed by atoms with Gasteiger partial charge in [-0.2, -0.15) is 0 Å². The maximum absolute atomic E-state index is 13.5. The standard InChI is InChI=1S/C19H19F3N2O3/c1-11-3-6-15(12(2)9-11)27-8-7-16(25)23-10-17(26)24-14-5-4-13(20)18(21)19(14)22/h3-6,9H,7-8,10H2,1-2H3,(H,23,25)(H,24,26). The third-order valence-electron chi connectivity index (χ3n) is 3.67. The predicted octanol–water partition coefficient (Wildman–Crippen LogP) is 3.24. The maximum atomic E-state index is 13.5. The molecule has 0 aliphatic rings. The van der Waals surface area contributed by atoms with Crippen molar-refractivity contribution in [2.75, 3.05) is 18.5 Å². The molecule has 2 aromatic rings. The van der Waals surface area contributed by atoms with E-state index >= 15 is 0 Å². The molecule has 0 unspecified atom stereocenters. The number of hydrogen-bond acceptors (Lipinski definition) is 3. The smallest absolute Gasteiger partial charge is 0.243 e. The first kappa shape index (κ1) is 20.3. The van der Waals surface area contributed by atoms with E-state index in [0.717, 1.165) is 17.2 Å². The Labute approximate surface area is 154 Å². The Morgan fingerprint density at radius 1 is 1.00 bits per heavy atom. The van der Waals surface area contributed by atoms with Crippen LogP contribution in [0.25, 0.3) is 0 Å². The lowest BCUT2D eigenvalue weighted by Gasteiger charge is -2.10. The van der Waals surface area contributed by atoms with Crippen LogP contribution >= 0.6 is 0 Å². The lowest BCUT2D eigenvalue weighted by Crippen LogP contribution is -2.33. The van der Waals surface area contributed by atoms with E-state index in [0.29, 0.717) is 11.8 Å². The lowest BCUT2D eigenvalue weighted by atomic mass is 10.1. The first-order chi connectivity index (χ1) is 12.8. The van der Waals surface area contributed by atoms with Crippen LogP contribution in [0, 0.1) is 31.3 Å². The van der Waals surface area contributed by atoms with Crippen LogP contribution < -0.4 is 15.4 Å². The largest absolute Gasteiger partial charge is 0.493 e. The van der Waals surface area contributed by atoms with E-state index in [1.807, 2.05) is 32.0 Å². The van der Waals surface area contributed by atoms with Crippen molar-refractivity contribution in [2.24, 2.45) is 0 Å². The number of benzene rings is 2. The predicted molar refractivity (Wildman–Crippen MR) is 94.0 cm³/mol. The number of ether oxygens (including phenoxy) is 1. The molecule has 0 aliphatic carbocycles. The number of rotatable bonds is 7. The Morgan fingerprint density at radius 3 is 2.44 bits per heavy atom. The van der Waals surface area contributed by atoms with Crippen LogP contribution in [0.15, 0.2) is 30.3 Å². The van der Waals surface area contributed by atoms with Gasteiger partial charge in [0.05, 0.1) is 25.3 Å². The van der Waals surface area contributed by atoms with E-state index < -0.39 is 41.5 Å². The minimum atomic E-state index is -1.68. The van der Waals surface area contributed by atoms with Gasteiger partial charge in [-0.1, -0.05) is 17.7 Å². The van der Waals surface area contributed by atoms with Crippen LogP contribution in [0.2, 0.25) is 0 Å². The molecule has 0 heterocycles. The first-order valence-corrected chi connectivity index (χ1v) is 8.18. The molecule has 5 nitrogen and oxygen atoms in total. The van der Waals surface area contributed by atoms with Crippen molar-refractivity contribution >= 4 is 17.5 Å². The summed E-state index contributed by atoms with van der Waals surface area (Å²) in [6.07, 6.45) is 0.0140. The molecular formula is C19H19F3N2O3. The fourth-order valence-corrected chi connectivity index (χ4v) is 2.30. The highest BCUT2D eigenvalue weighted by Crippen LogP contribution is 2.20. The van der Waals surface area contributed by atoms with Crippen LogP contribution in [-0.4, -0.2) is 25.0 Å². The number of aryl methyl sites for hydroxylation is 2. The molecule has 27 heavy (non-hydrogen) atoms. The average molecular weight is 380 g/mol. The molecule has 0 aliphatic heterocycles. The molecule has 0 radical (unpaired) electrons. The van der Waals surface area contributed by atoms with E-state index in [4.69, 9.17) is 4.74 Å². The summed E-state index contributed by atoms with van der Waals surface area (Å²) in [6, 6.07) is 7.25. The zero-order valence-electron chi connectivity index (χ0n) is 14.9. The molecule has 0 bridgehead atoms. The third-order valence-corrected chi connectivity index (χ3v) is 3.67. The average Bonchev–Trinajstić information content (AvgIpc) is 2.62. The van der Waals surface area contributed by atoms with Crippen molar-refractivity contribution in [3.63, 3.8) is 0 Å². The molecular weight excluding hydrogens is 361 g/mol. The van der Waals surface area contributed by atoms with Gasteiger partial charge in [-0.05, 0) is 37.6 Å². The minimum Gasteiger partial charge on any atom is -0.493 e. The summed E-state index contributed by atoms with van der Waals surface area (Å²) < 4.78 is 44.9. The minimum absolute atomic E-state index is 0.0140. The van der Waals surface area contributed by atoms with E-state index in [9.17, 15) is 22.8 Å². The van der Waals surface area contributed by atoms with Crippen LogP contribution in [0.1, 0.15) is 17.5 Å². The van der Waals surface area contributed by atoms with Gasteiger partial charge in [0.2, 0.25) is 11.8 Å². The van der Waals surface area contributed by atoms with Gasteiger partial charge in [-0.25, -0.2) is 13.2 Å². The SMILES string of the molecule is Cc1ccc(OCCC(=O)NCC(=O)Nc2ccc(F)c(F)c2F)c(C)c1. The highest BCUT2D eigenvalue weighted by Gasteiger charge is 2.15. The van der Waals surface area contributed by atoms with Gasteiger partial charge in [-0.15, -0.1) is 0 Å². The highest BCUT2D eigenvalue weighted by molar-refractivity contribution is 5.94. The Balaban J connectivity index is 1.75. The molecule has 2 rings (SSSR count). The Morgan fingerprint density at radius 2 is 1.74 bits per heavy atom. The topological polar surface area (TPSA) is 67.4 Å². The summed E-state index contributed by atoms with van der Waals surface area (Å²) in [4.78, 5) is 23.4. The molecule has 0 aromatic heterocycles. The highest BCUT2D eigenvalue weighted by atomic mass is 19.2. The van der Waals surface area contributed by atoms with Gasteiger partial charge in [0.25, 0.3) is 0 Å². The summed E-state index contributed by atoms with van der Waals surface area (Å²) in [5.41, 5.74) is 1.54. The molecule has 0 spiro atoms. The molecule has 0 saturated carbocycles. The first-order valence-electron chi connectivity index (χ1n) is 8.18. The Bertz CT molecular complexity index is 856. The van der Waals surface area contributed by atoms with Crippen molar-refractivity contribution in [3.05, 3.63) is 58.9 Å². The summed E-state index contributed by atoms with van der Waals surface area (Å²) in [7, 11) is 0. The van der Waals surface area contributed by atoms with Gasteiger partial charge in [0.15, 0.2) is 17.5 Å². The number of nitrogens with one attached hydrogen (secondary N) is 2. The van der Waals surface area contributed by atoms with Gasteiger partial charge < -0.3 is 15.4 Å². The molecule has 8 heteroatoms. The van der Waals surface area contributed by atoms with E-state index in [1.54, 1.807) is 0 Å². The van der Waals surface area contributed by atoms with Crippen molar-refractivity contribution in [2.45, 2.75) is 20.3 Å². The zero-order chi connectivity index (χ0) is 20.0.